The van der Waals surface area contributed by atoms with E-state index < -0.39 is 0 Å². The van der Waals surface area contributed by atoms with E-state index in [2.05, 4.69) is 25.3 Å². The highest BCUT2D eigenvalue weighted by atomic mass is 16.2. The van der Waals surface area contributed by atoms with Gasteiger partial charge in [-0.15, -0.1) is 0 Å². The number of nitrogens with one attached hydrogen (secondary N) is 2. The molecule has 0 radical (unpaired) electrons. The second kappa shape index (κ2) is 6.76. The molecule has 0 saturated carbocycles. The van der Waals surface area contributed by atoms with E-state index in [-0.39, 0.29) is 17.8 Å². The molecule has 3 heterocycles. The van der Waals surface area contributed by atoms with Crippen molar-refractivity contribution in [3.05, 3.63) is 78.6 Å². The lowest BCUT2D eigenvalue weighted by Gasteiger charge is -2.13. The molecule has 1 amide bonds. The van der Waals surface area contributed by atoms with Crippen molar-refractivity contribution < 1.29 is 4.79 Å². The van der Waals surface area contributed by atoms with E-state index in [1.54, 1.807) is 18.6 Å². The summed E-state index contributed by atoms with van der Waals surface area (Å²) in [6, 6.07) is 13.5. The number of fused-ring (bicyclic) bond motifs is 1. The fourth-order valence-corrected chi connectivity index (χ4v) is 2.87. The summed E-state index contributed by atoms with van der Waals surface area (Å²) in [6.45, 7) is 1.93. The maximum Gasteiger partial charge on any atom is 0.289 e. The second-order valence-electron chi connectivity index (χ2n) is 6.00. The third-order valence-electron chi connectivity index (χ3n) is 4.26. The van der Waals surface area contributed by atoms with E-state index in [4.69, 9.17) is 0 Å². The zero-order valence-corrected chi connectivity index (χ0v) is 14.2. The Labute approximate surface area is 150 Å². The van der Waals surface area contributed by atoms with Crippen molar-refractivity contribution in [3.8, 4) is 11.1 Å². The maximum atomic E-state index is 12.4. The average Bonchev–Trinajstić information content (AvgIpc) is 3.13. The molecule has 0 saturated heterocycles. The van der Waals surface area contributed by atoms with Gasteiger partial charge in [-0.05, 0) is 24.6 Å². The molecule has 0 aliphatic rings. The molecule has 4 aromatic rings. The molecule has 3 aromatic heterocycles. The van der Waals surface area contributed by atoms with Crippen LogP contribution in [0.25, 0.3) is 22.2 Å². The van der Waals surface area contributed by atoms with Gasteiger partial charge in [0.05, 0.1) is 6.04 Å². The summed E-state index contributed by atoms with van der Waals surface area (Å²) in [4.78, 5) is 28.2. The number of nitrogens with zero attached hydrogens (tertiary/aromatic N) is 3. The minimum atomic E-state index is -0.298. The monoisotopic (exact) mass is 343 g/mol. The molecular formula is C20H17N5O. The maximum absolute atomic E-state index is 12.4. The third-order valence-corrected chi connectivity index (χ3v) is 4.26. The van der Waals surface area contributed by atoms with E-state index in [0.717, 1.165) is 27.7 Å². The fourth-order valence-electron chi connectivity index (χ4n) is 2.87. The van der Waals surface area contributed by atoms with Crippen LogP contribution in [0.5, 0.6) is 0 Å². The van der Waals surface area contributed by atoms with Gasteiger partial charge < -0.3 is 10.3 Å². The van der Waals surface area contributed by atoms with Gasteiger partial charge in [0.2, 0.25) is 5.82 Å². The zero-order chi connectivity index (χ0) is 17.9. The molecular weight excluding hydrogens is 326 g/mol. The van der Waals surface area contributed by atoms with Gasteiger partial charge in [-0.3, -0.25) is 4.79 Å². The van der Waals surface area contributed by atoms with Gasteiger partial charge in [-0.1, -0.05) is 30.3 Å². The zero-order valence-electron chi connectivity index (χ0n) is 14.2. The number of hydrogen-bond acceptors (Lipinski definition) is 4. The van der Waals surface area contributed by atoms with Gasteiger partial charge >= 0.3 is 0 Å². The van der Waals surface area contributed by atoms with E-state index in [1.165, 1.54) is 0 Å². The average molecular weight is 343 g/mol. The van der Waals surface area contributed by atoms with Crippen LogP contribution in [-0.4, -0.2) is 25.8 Å². The van der Waals surface area contributed by atoms with Gasteiger partial charge in [0, 0.05) is 41.3 Å². The first kappa shape index (κ1) is 16.0. The molecule has 26 heavy (non-hydrogen) atoms. The van der Waals surface area contributed by atoms with Crippen LogP contribution in [0.2, 0.25) is 0 Å². The fraction of sp³-hybridized carbons (Fsp3) is 0.100. The number of rotatable bonds is 4. The summed E-state index contributed by atoms with van der Waals surface area (Å²) >= 11 is 0. The van der Waals surface area contributed by atoms with Gasteiger partial charge in [0.1, 0.15) is 5.65 Å². The predicted molar refractivity (Wildman–Crippen MR) is 99.4 cm³/mol. The highest BCUT2D eigenvalue weighted by Gasteiger charge is 2.14. The normalized spacial score (nSPS) is 12.0. The third kappa shape index (κ3) is 3.04. The molecule has 6 nitrogen and oxygen atoms in total. The van der Waals surface area contributed by atoms with Crippen molar-refractivity contribution >= 4 is 16.9 Å². The largest absolute Gasteiger partial charge is 0.346 e. The number of aromatic nitrogens is 4. The Morgan fingerprint density at radius 1 is 1.04 bits per heavy atom. The smallest absolute Gasteiger partial charge is 0.289 e. The van der Waals surface area contributed by atoms with E-state index >= 15 is 0 Å². The lowest BCUT2D eigenvalue weighted by Crippen LogP contribution is -2.28. The van der Waals surface area contributed by atoms with Crippen molar-refractivity contribution in [2.24, 2.45) is 0 Å². The molecule has 0 bridgehead atoms. The standard InChI is InChI=1S/C20H17N5O/c1-13(14-6-3-2-4-7-14)25-20(26)19-22-10-15(11-23-19)17-12-24-18-16(17)8-5-9-21-18/h2-13H,1H3,(H,21,24)(H,25,26)/t13-/m1/s1. The molecule has 0 aliphatic heterocycles. The van der Waals surface area contributed by atoms with Crippen LogP contribution < -0.4 is 5.32 Å². The van der Waals surface area contributed by atoms with Gasteiger partial charge in [0.15, 0.2) is 0 Å². The van der Waals surface area contributed by atoms with E-state index in [1.807, 2.05) is 55.6 Å². The Bertz CT molecular complexity index is 1040. The Kier molecular flexibility index (Phi) is 4.15. The number of hydrogen-bond donors (Lipinski definition) is 2. The molecule has 1 atom stereocenters. The minimum absolute atomic E-state index is 0.119. The number of carbonyl (C=O) groups excluding carboxylic acids is 1. The first-order chi connectivity index (χ1) is 12.7. The SMILES string of the molecule is C[C@@H](NC(=O)c1ncc(-c2c[nH]c3ncccc23)cn1)c1ccccc1. The number of benzene rings is 1. The molecule has 2 N–H and O–H groups in total. The summed E-state index contributed by atoms with van der Waals surface area (Å²) in [5, 5.41) is 3.91. The Morgan fingerprint density at radius 2 is 1.81 bits per heavy atom. The van der Waals surface area contributed by atoms with Crippen LogP contribution >= 0.6 is 0 Å². The van der Waals surface area contributed by atoms with Gasteiger partial charge in [0.25, 0.3) is 5.91 Å². The Morgan fingerprint density at radius 3 is 2.58 bits per heavy atom. The number of pyridine rings is 1. The minimum Gasteiger partial charge on any atom is -0.346 e. The molecule has 0 aliphatic carbocycles. The Hall–Kier alpha value is -3.54. The summed E-state index contributed by atoms with van der Waals surface area (Å²) in [5.41, 5.74) is 3.62. The molecule has 0 unspecified atom stereocenters. The van der Waals surface area contributed by atoms with Crippen molar-refractivity contribution in [3.63, 3.8) is 0 Å². The lowest BCUT2D eigenvalue weighted by atomic mass is 10.1. The molecule has 0 fully saturated rings. The van der Waals surface area contributed by atoms with Crippen molar-refractivity contribution in [2.45, 2.75) is 13.0 Å². The van der Waals surface area contributed by atoms with Crippen LogP contribution in [0.4, 0.5) is 0 Å². The molecule has 4 rings (SSSR count). The van der Waals surface area contributed by atoms with Crippen LogP contribution in [0.3, 0.4) is 0 Å². The number of carbonyl (C=O) groups is 1. The lowest BCUT2D eigenvalue weighted by molar-refractivity contribution is 0.0929. The van der Waals surface area contributed by atoms with E-state index in [0.29, 0.717) is 0 Å². The molecule has 0 spiro atoms. The summed E-state index contributed by atoms with van der Waals surface area (Å²) in [5.74, 6) is -0.150. The first-order valence-electron chi connectivity index (χ1n) is 8.32. The van der Waals surface area contributed by atoms with Crippen molar-refractivity contribution in [2.75, 3.05) is 0 Å². The van der Waals surface area contributed by atoms with Gasteiger partial charge in [-0.2, -0.15) is 0 Å². The predicted octanol–water partition coefficient (Wildman–Crippen LogP) is 3.51. The van der Waals surface area contributed by atoms with Crippen molar-refractivity contribution in [1.29, 1.82) is 0 Å². The topological polar surface area (TPSA) is 83.6 Å². The van der Waals surface area contributed by atoms with Crippen molar-refractivity contribution in [1.82, 2.24) is 25.3 Å². The summed E-state index contributed by atoms with van der Waals surface area (Å²) in [7, 11) is 0. The number of aromatic amines is 1. The Balaban J connectivity index is 1.53. The molecule has 6 heteroatoms. The highest BCUT2D eigenvalue weighted by molar-refractivity contribution is 5.94. The quantitative estimate of drug-likeness (QED) is 0.594. The highest BCUT2D eigenvalue weighted by Crippen LogP contribution is 2.26. The second-order valence-corrected chi connectivity index (χ2v) is 6.00. The molecule has 1 aromatic carbocycles. The first-order valence-corrected chi connectivity index (χ1v) is 8.32. The van der Waals surface area contributed by atoms with Crippen LogP contribution in [-0.2, 0) is 0 Å². The van der Waals surface area contributed by atoms with Crippen LogP contribution in [0, 0.1) is 0 Å². The molecule has 128 valence electrons. The summed E-state index contributed by atoms with van der Waals surface area (Å²) < 4.78 is 0. The van der Waals surface area contributed by atoms with Crippen LogP contribution in [0.15, 0.2) is 67.3 Å². The number of amides is 1. The van der Waals surface area contributed by atoms with Crippen LogP contribution in [0.1, 0.15) is 29.1 Å². The van der Waals surface area contributed by atoms with Gasteiger partial charge in [-0.25, -0.2) is 15.0 Å². The van der Waals surface area contributed by atoms with E-state index in [9.17, 15) is 4.79 Å². The summed E-state index contributed by atoms with van der Waals surface area (Å²) in [6.07, 6.45) is 6.92. The number of H-pyrrole nitrogens is 1.